The van der Waals surface area contributed by atoms with Crippen LogP contribution in [-0.2, 0) is 5.41 Å². The SMILES string of the molecule is c1ccc(-c2ccc3c(c2)C(c2ccc(-c4ccc5ccc6ccc(-c7ccccc7)nc6c5n4)cc2)(c2ccc(-c4ccc5ccc6ccc(-c7ccccc7)nc6c5n4)cc2)c2cc(-c4ccccc4)ccc2-3)cc1. The van der Waals surface area contributed by atoms with Gasteiger partial charge in [0.25, 0.3) is 0 Å². The second kappa shape index (κ2) is 18.0. The predicted octanol–water partition coefficient (Wildman–Crippen LogP) is 18.2. The van der Waals surface area contributed by atoms with Crippen molar-refractivity contribution in [3.8, 4) is 78.4 Å². The zero-order valence-electron chi connectivity index (χ0n) is 41.8. The number of hydrogen-bond donors (Lipinski definition) is 0. The number of nitrogens with zero attached hydrogens (tertiary/aromatic N) is 4. The summed E-state index contributed by atoms with van der Waals surface area (Å²) >= 11 is 0. The lowest BCUT2D eigenvalue weighted by molar-refractivity contribution is 0.769. The van der Waals surface area contributed by atoms with Gasteiger partial charge in [0.2, 0.25) is 0 Å². The van der Waals surface area contributed by atoms with Crippen LogP contribution < -0.4 is 0 Å². The van der Waals surface area contributed by atoms with Crippen molar-refractivity contribution < 1.29 is 0 Å². The summed E-state index contributed by atoms with van der Waals surface area (Å²) in [4.78, 5) is 21.2. The highest BCUT2D eigenvalue weighted by Crippen LogP contribution is 2.58. The molecule has 14 aromatic rings. The van der Waals surface area contributed by atoms with Gasteiger partial charge in [0.05, 0.1) is 50.3 Å². The third-order valence-corrected chi connectivity index (χ3v) is 15.8. The van der Waals surface area contributed by atoms with Crippen molar-refractivity contribution in [3.63, 3.8) is 0 Å². The minimum atomic E-state index is -0.715. The molecule has 0 fully saturated rings. The minimum Gasteiger partial charge on any atom is -0.245 e. The molecule has 10 aromatic carbocycles. The Hall–Kier alpha value is -10.2. The fourth-order valence-corrected chi connectivity index (χ4v) is 11.9. The molecular weight excluding hydrogens is 933 g/mol. The van der Waals surface area contributed by atoms with Gasteiger partial charge in [0.15, 0.2) is 0 Å². The van der Waals surface area contributed by atoms with E-state index < -0.39 is 5.41 Å². The number of aromatic nitrogens is 4. The molecule has 4 heteroatoms. The van der Waals surface area contributed by atoms with Gasteiger partial charge in [-0.2, -0.15) is 0 Å². The van der Waals surface area contributed by atoms with Crippen LogP contribution in [0.3, 0.4) is 0 Å². The third-order valence-electron chi connectivity index (χ3n) is 15.8. The second-order valence-corrected chi connectivity index (χ2v) is 20.1. The summed E-state index contributed by atoms with van der Waals surface area (Å²) in [6, 6.07) is 100. The number of rotatable bonds is 8. The van der Waals surface area contributed by atoms with Gasteiger partial charge in [-0.1, -0.05) is 243 Å². The molecule has 15 rings (SSSR count). The Morgan fingerprint density at radius 1 is 0.208 bits per heavy atom. The average Bonchev–Trinajstić information content (AvgIpc) is 3.99. The van der Waals surface area contributed by atoms with Crippen molar-refractivity contribution in [2.45, 2.75) is 5.41 Å². The maximum absolute atomic E-state index is 5.39. The molecule has 0 unspecified atom stereocenters. The largest absolute Gasteiger partial charge is 0.245 e. The van der Waals surface area contributed by atoms with Crippen LogP contribution in [0.4, 0.5) is 0 Å². The van der Waals surface area contributed by atoms with Crippen molar-refractivity contribution in [2.24, 2.45) is 0 Å². The molecule has 0 saturated heterocycles. The summed E-state index contributed by atoms with van der Waals surface area (Å²) in [5.74, 6) is 0. The Balaban J connectivity index is 0.911. The Labute approximate surface area is 446 Å². The van der Waals surface area contributed by atoms with E-state index in [4.69, 9.17) is 19.9 Å². The molecule has 358 valence electrons. The van der Waals surface area contributed by atoms with Crippen molar-refractivity contribution in [2.75, 3.05) is 0 Å². The molecule has 0 amide bonds. The Kier molecular flexibility index (Phi) is 10.4. The number of hydrogen-bond acceptors (Lipinski definition) is 4. The highest BCUT2D eigenvalue weighted by Gasteiger charge is 2.46. The van der Waals surface area contributed by atoms with E-state index in [-0.39, 0.29) is 0 Å². The van der Waals surface area contributed by atoms with Crippen molar-refractivity contribution in [1.29, 1.82) is 0 Å². The number of pyridine rings is 4. The molecule has 0 atom stereocenters. The zero-order valence-corrected chi connectivity index (χ0v) is 41.8. The summed E-state index contributed by atoms with van der Waals surface area (Å²) in [7, 11) is 0. The van der Waals surface area contributed by atoms with Crippen molar-refractivity contribution in [3.05, 3.63) is 301 Å². The second-order valence-electron chi connectivity index (χ2n) is 20.1. The van der Waals surface area contributed by atoms with Crippen LogP contribution in [-0.4, -0.2) is 19.9 Å². The first-order valence-electron chi connectivity index (χ1n) is 26.3. The maximum Gasteiger partial charge on any atom is 0.0972 e. The van der Waals surface area contributed by atoms with Crippen LogP contribution in [0, 0.1) is 0 Å². The molecule has 4 aromatic heterocycles. The molecule has 1 aliphatic carbocycles. The fraction of sp³-hybridized carbons (Fsp3) is 0.0137. The van der Waals surface area contributed by atoms with E-state index in [9.17, 15) is 0 Å². The van der Waals surface area contributed by atoms with Crippen LogP contribution in [0.15, 0.2) is 279 Å². The Morgan fingerprint density at radius 3 is 0.779 bits per heavy atom. The van der Waals surface area contributed by atoms with Crippen molar-refractivity contribution >= 4 is 43.6 Å². The van der Waals surface area contributed by atoms with Crippen LogP contribution in [0.5, 0.6) is 0 Å². The molecule has 0 saturated carbocycles. The van der Waals surface area contributed by atoms with Gasteiger partial charge in [0, 0.05) is 43.8 Å². The molecular formula is C73H46N4. The molecule has 4 heterocycles. The fourth-order valence-electron chi connectivity index (χ4n) is 11.9. The molecule has 0 radical (unpaired) electrons. The average molecular weight is 979 g/mol. The van der Waals surface area contributed by atoms with E-state index in [1.165, 1.54) is 55.6 Å². The van der Waals surface area contributed by atoms with E-state index in [0.29, 0.717) is 0 Å². The lowest BCUT2D eigenvalue weighted by Crippen LogP contribution is -2.28. The first-order chi connectivity index (χ1) is 38.1. The number of benzene rings is 10. The monoisotopic (exact) mass is 978 g/mol. The number of fused-ring (bicyclic) bond motifs is 9. The third kappa shape index (κ3) is 7.45. The lowest BCUT2D eigenvalue weighted by atomic mass is 9.67. The van der Waals surface area contributed by atoms with Gasteiger partial charge < -0.3 is 0 Å². The van der Waals surface area contributed by atoms with Crippen molar-refractivity contribution in [1.82, 2.24) is 19.9 Å². The summed E-state index contributed by atoms with van der Waals surface area (Å²) in [5, 5.41) is 4.24. The van der Waals surface area contributed by atoms with Crippen LogP contribution >= 0.6 is 0 Å². The molecule has 0 bridgehead atoms. The van der Waals surface area contributed by atoms with Crippen LogP contribution in [0.1, 0.15) is 22.3 Å². The van der Waals surface area contributed by atoms with Gasteiger partial charge in [-0.25, -0.2) is 19.9 Å². The summed E-state index contributed by atoms with van der Waals surface area (Å²) < 4.78 is 0. The predicted molar refractivity (Wildman–Crippen MR) is 318 cm³/mol. The molecule has 0 N–H and O–H groups in total. The summed E-state index contributed by atoms with van der Waals surface area (Å²) in [5.41, 5.74) is 22.7. The Morgan fingerprint density at radius 2 is 0.468 bits per heavy atom. The van der Waals surface area contributed by atoms with Gasteiger partial charge in [-0.05, 0) is 92.0 Å². The zero-order chi connectivity index (χ0) is 50.9. The van der Waals surface area contributed by atoms with Crippen LogP contribution in [0.25, 0.3) is 122 Å². The van der Waals surface area contributed by atoms with Gasteiger partial charge >= 0.3 is 0 Å². The highest BCUT2D eigenvalue weighted by atomic mass is 14.8. The summed E-state index contributed by atoms with van der Waals surface area (Å²) in [6.07, 6.45) is 0. The lowest BCUT2D eigenvalue weighted by Gasteiger charge is -2.34. The van der Waals surface area contributed by atoms with E-state index in [1.807, 2.05) is 12.1 Å². The standard InChI is InChI=1S/C73H46N4/c1-5-13-47(14-6-1)57-29-39-61-62-40-30-58(48-15-7-2-8-16-48)46-64(62)73(63(61)45-57,59-35-25-51(26-36-59)67-43-33-55-23-21-53-31-41-65(49-17-9-3-10-18-49)74-69(53)71(55)76-67)60-37-27-52(28-38-60)68-44-34-56-24-22-54-32-42-66(50-19-11-4-12-20-50)75-70(54)72(56)77-68/h1-46H. The van der Waals surface area contributed by atoms with Gasteiger partial charge in [-0.15, -0.1) is 0 Å². The smallest absolute Gasteiger partial charge is 0.0972 e. The molecule has 0 spiro atoms. The van der Waals surface area contributed by atoms with E-state index in [1.54, 1.807) is 0 Å². The van der Waals surface area contributed by atoms with E-state index in [2.05, 4.69) is 267 Å². The first-order valence-corrected chi connectivity index (χ1v) is 26.3. The summed E-state index contributed by atoms with van der Waals surface area (Å²) in [6.45, 7) is 0. The van der Waals surface area contributed by atoms with Crippen LogP contribution in [0.2, 0.25) is 0 Å². The van der Waals surface area contributed by atoms with Gasteiger partial charge in [0.1, 0.15) is 0 Å². The topological polar surface area (TPSA) is 51.6 Å². The molecule has 77 heavy (non-hydrogen) atoms. The van der Waals surface area contributed by atoms with E-state index in [0.717, 1.165) is 88.6 Å². The minimum absolute atomic E-state index is 0.715. The van der Waals surface area contributed by atoms with Gasteiger partial charge in [-0.3, -0.25) is 0 Å². The Bertz CT molecular complexity index is 4280. The maximum atomic E-state index is 5.39. The molecule has 4 nitrogen and oxygen atoms in total. The van der Waals surface area contributed by atoms with E-state index >= 15 is 0 Å². The molecule has 1 aliphatic rings. The first kappa shape index (κ1) is 44.3. The normalized spacial score (nSPS) is 12.5. The molecule has 0 aliphatic heterocycles. The quantitative estimate of drug-likeness (QED) is 0.142. The highest BCUT2D eigenvalue weighted by molar-refractivity contribution is 6.05.